The second-order valence-corrected chi connectivity index (χ2v) is 3.12. The lowest BCUT2D eigenvalue weighted by molar-refractivity contribution is -1.09. The molecule has 0 amide bonds. The van der Waals surface area contributed by atoms with Crippen molar-refractivity contribution in [1.29, 1.82) is 0 Å². The fraction of sp³-hybridized carbons (Fsp3) is 1.00. The maximum atomic E-state index is 9.35. The van der Waals surface area contributed by atoms with Crippen LogP contribution < -0.4 is 12.4 Å². The van der Waals surface area contributed by atoms with Gasteiger partial charge in [-0.2, -0.15) is 4.65 Å². The van der Waals surface area contributed by atoms with Gasteiger partial charge in [-0.15, -0.1) is 0 Å². The number of quaternary nitrogens is 1. The van der Waals surface area contributed by atoms with Gasteiger partial charge in [0.2, 0.25) is 0 Å². The second-order valence-electron chi connectivity index (χ2n) is 3.12. The van der Waals surface area contributed by atoms with Gasteiger partial charge in [-0.3, -0.25) is 0 Å². The van der Waals surface area contributed by atoms with Crippen LogP contribution in [0.3, 0.4) is 0 Å². The Balaban J connectivity index is 0. The van der Waals surface area contributed by atoms with Crippen LogP contribution in [0.5, 0.6) is 0 Å². The van der Waals surface area contributed by atoms with E-state index in [4.69, 9.17) is 0 Å². The molecule has 0 fully saturated rings. The normalized spacial score (nSPS) is 14.1. The molecule has 0 spiro atoms. The van der Waals surface area contributed by atoms with Gasteiger partial charge >= 0.3 is 0 Å². The topological polar surface area (TPSA) is 20.2 Å². The van der Waals surface area contributed by atoms with E-state index in [-0.39, 0.29) is 17.1 Å². The summed E-state index contributed by atoms with van der Waals surface area (Å²) in [5.41, 5.74) is 0. The number of rotatable bonds is 3. The molecule has 3 heteroatoms. The Hall–Kier alpha value is 0.210. The quantitative estimate of drug-likeness (QED) is 0.407. The molecular formula is C7H18ClNO. The Morgan fingerprint density at radius 1 is 1.40 bits per heavy atom. The van der Waals surface area contributed by atoms with E-state index in [1.54, 1.807) is 14.1 Å². The van der Waals surface area contributed by atoms with E-state index in [0.29, 0.717) is 6.04 Å². The molecule has 0 aromatic heterocycles. The van der Waals surface area contributed by atoms with Gasteiger partial charge in [0.05, 0.1) is 14.1 Å². The molecule has 0 aromatic carbocycles. The molecule has 10 heavy (non-hydrogen) atoms. The molecule has 1 unspecified atom stereocenters. The molecule has 0 saturated heterocycles. The van der Waals surface area contributed by atoms with Crippen molar-refractivity contribution in [3.05, 3.63) is 0 Å². The van der Waals surface area contributed by atoms with Crippen LogP contribution in [0.25, 0.3) is 0 Å². The average Bonchev–Trinajstić information content (AvgIpc) is 1.64. The highest BCUT2D eigenvalue weighted by atomic mass is 35.5. The van der Waals surface area contributed by atoms with E-state index >= 15 is 0 Å². The number of nitrogens with zero attached hydrogens (tertiary/aromatic N) is 1. The van der Waals surface area contributed by atoms with Crippen LogP contribution in [0.2, 0.25) is 0 Å². The zero-order valence-corrected chi connectivity index (χ0v) is 8.02. The monoisotopic (exact) mass is 167 g/mol. The van der Waals surface area contributed by atoms with Crippen LogP contribution in [0, 0.1) is 0 Å². The van der Waals surface area contributed by atoms with E-state index in [2.05, 4.69) is 13.8 Å². The zero-order valence-electron chi connectivity index (χ0n) is 7.26. The average molecular weight is 168 g/mol. The van der Waals surface area contributed by atoms with Crippen LogP contribution in [0.15, 0.2) is 0 Å². The van der Waals surface area contributed by atoms with Gasteiger partial charge in [0, 0.05) is 6.42 Å². The zero-order chi connectivity index (χ0) is 7.49. The molecule has 0 radical (unpaired) electrons. The number of hydrogen-bond acceptors (Lipinski definition) is 1. The minimum absolute atomic E-state index is 0. The Morgan fingerprint density at radius 3 is 1.90 bits per heavy atom. The molecule has 2 nitrogen and oxygen atoms in total. The Kier molecular flexibility index (Phi) is 6.35. The minimum atomic E-state index is 0. The third kappa shape index (κ3) is 5.03. The van der Waals surface area contributed by atoms with Gasteiger partial charge < -0.3 is 12.4 Å². The van der Waals surface area contributed by atoms with Crippen molar-refractivity contribution in [3.63, 3.8) is 0 Å². The Labute approximate surface area is 69.8 Å². The van der Waals surface area contributed by atoms with Crippen molar-refractivity contribution in [2.75, 3.05) is 14.1 Å². The number of halogens is 1. The molecule has 0 aromatic rings. The molecule has 1 N–H and O–H groups in total. The highest BCUT2D eigenvalue weighted by Crippen LogP contribution is 2.07. The Morgan fingerprint density at radius 2 is 1.80 bits per heavy atom. The Bertz CT molecular complexity index is 80.2. The smallest absolute Gasteiger partial charge is 0.115 e. The van der Waals surface area contributed by atoms with E-state index < -0.39 is 0 Å². The van der Waals surface area contributed by atoms with Gasteiger partial charge in [0.25, 0.3) is 0 Å². The van der Waals surface area contributed by atoms with E-state index in [9.17, 15) is 5.21 Å². The van der Waals surface area contributed by atoms with Crippen molar-refractivity contribution in [1.82, 2.24) is 0 Å². The molecule has 64 valence electrons. The lowest BCUT2D eigenvalue weighted by Crippen LogP contribution is -3.00. The van der Waals surface area contributed by atoms with Gasteiger partial charge in [0.15, 0.2) is 0 Å². The largest absolute Gasteiger partial charge is 1.00 e. The third-order valence-electron chi connectivity index (χ3n) is 1.79. The summed E-state index contributed by atoms with van der Waals surface area (Å²) in [6, 6.07) is 0.356. The summed E-state index contributed by atoms with van der Waals surface area (Å²) >= 11 is 0. The minimum Gasteiger partial charge on any atom is -1.00 e. The van der Waals surface area contributed by atoms with Crippen molar-refractivity contribution < 1.29 is 22.3 Å². The summed E-state index contributed by atoms with van der Waals surface area (Å²) in [7, 11) is 3.61. The highest BCUT2D eigenvalue weighted by Gasteiger charge is 2.19. The molecule has 0 bridgehead atoms. The molecule has 0 aliphatic heterocycles. The fourth-order valence-electron chi connectivity index (χ4n) is 0.734. The lowest BCUT2D eigenvalue weighted by Gasteiger charge is -2.26. The first-order valence-electron chi connectivity index (χ1n) is 3.55. The molecule has 1 atom stereocenters. The highest BCUT2D eigenvalue weighted by molar-refractivity contribution is 4.44. The fourth-order valence-corrected chi connectivity index (χ4v) is 0.734. The van der Waals surface area contributed by atoms with Gasteiger partial charge in [-0.25, -0.2) is 5.21 Å². The van der Waals surface area contributed by atoms with Gasteiger partial charge in [0.1, 0.15) is 6.04 Å². The predicted molar refractivity (Wildman–Crippen MR) is 38.3 cm³/mol. The summed E-state index contributed by atoms with van der Waals surface area (Å²) in [5.74, 6) is 0. The maximum Gasteiger partial charge on any atom is 0.115 e. The SMILES string of the molecule is CCCC(C)[N+](C)(C)O.[Cl-]. The summed E-state index contributed by atoms with van der Waals surface area (Å²) in [5, 5.41) is 9.35. The molecule has 0 aliphatic carbocycles. The van der Waals surface area contributed by atoms with Crippen LogP contribution in [-0.2, 0) is 0 Å². The van der Waals surface area contributed by atoms with Gasteiger partial charge in [-0.1, -0.05) is 13.3 Å². The van der Waals surface area contributed by atoms with E-state index in [1.165, 1.54) is 0 Å². The standard InChI is InChI=1S/C7H18NO.ClH/c1-5-6-7(2)8(3,4)9;/h7,9H,5-6H2,1-4H3;1H/q+1;/p-1. The molecule has 0 aliphatic rings. The predicted octanol–water partition coefficient (Wildman–Crippen LogP) is -1.36. The molecular weight excluding hydrogens is 150 g/mol. The lowest BCUT2D eigenvalue weighted by atomic mass is 10.2. The maximum absolute atomic E-state index is 9.35. The summed E-state index contributed by atoms with van der Waals surface area (Å²) in [6.45, 7) is 4.19. The van der Waals surface area contributed by atoms with Crippen LogP contribution in [0.4, 0.5) is 0 Å². The first kappa shape index (κ1) is 12.8. The molecule has 0 saturated carbocycles. The summed E-state index contributed by atoms with van der Waals surface area (Å²) in [4.78, 5) is 0. The van der Waals surface area contributed by atoms with Crippen molar-refractivity contribution in [2.45, 2.75) is 32.7 Å². The second kappa shape index (κ2) is 4.94. The van der Waals surface area contributed by atoms with Crippen LogP contribution in [0.1, 0.15) is 26.7 Å². The van der Waals surface area contributed by atoms with Crippen LogP contribution >= 0.6 is 0 Å². The first-order valence-corrected chi connectivity index (χ1v) is 3.55. The van der Waals surface area contributed by atoms with Crippen LogP contribution in [-0.4, -0.2) is 30.0 Å². The molecule has 0 heterocycles. The number of hydroxylamine groups is 3. The third-order valence-corrected chi connectivity index (χ3v) is 1.79. The van der Waals surface area contributed by atoms with E-state index in [0.717, 1.165) is 12.8 Å². The van der Waals surface area contributed by atoms with Crippen molar-refractivity contribution >= 4 is 0 Å². The summed E-state index contributed by atoms with van der Waals surface area (Å²) < 4.78 is 0.0911. The van der Waals surface area contributed by atoms with Gasteiger partial charge in [-0.05, 0) is 6.92 Å². The molecule has 0 rings (SSSR count). The van der Waals surface area contributed by atoms with Crippen molar-refractivity contribution in [2.24, 2.45) is 0 Å². The van der Waals surface area contributed by atoms with E-state index in [1.807, 2.05) is 0 Å². The first-order chi connectivity index (χ1) is 3.98. The summed E-state index contributed by atoms with van der Waals surface area (Å²) in [6.07, 6.45) is 2.23. The van der Waals surface area contributed by atoms with Crippen molar-refractivity contribution in [3.8, 4) is 0 Å². The number of hydrogen-bond donors (Lipinski definition) is 1.